The third-order valence-electron chi connectivity index (χ3n) is 7.20. The molecular weight excluding hydrogens is 502 g/mol. The number of carbonyl (C=O) groups is 2. The van der Waals surface area contributed by atoms with Gasteiger partial charge in [0, 0.05) is 50.7 Å². The first-order valence-corrected chi connectivity index (χ1v) is 13.5. The number of carbonyl (C=O) groups excluding carboxylic acids is 2. The molecule has 9 nitrogen and oxygen atoms in total. The summed E-state index contributed by atoms with van der Waals surface area (Å²) in [4.78, 5) is 36.6. The molecule has 0 radical (unpaired) electrons. The molecule has 3 aromatic heterocycles. The molecule has 1 aromatic carbocycles. The fourth-order valence-corrected chi connectivity index (χ4v) is 5.38. The number of aromatic nitrogens is 4. The Hall–Kier alpha value is -4.37. The van der Waals surface area contributed by atoms with Crippen LogP contribution >= 0.6 is 0 Å². The summed E-state index contributed by atoms with van der Waals surface area (Å²) < 4.78 is 1.79. The Labute approximate surface area is 234 Å². The van der Waals surface area contributed by atoms with Crippen LogP contribution in [0.2, 0.25) is 0 Å². The van der Waals surface area contributed by atoms with Crippen LogP contribution in [0.5, 0.6) is 0 Å². The van der Waals surface area contributed by atoms with E-state index in [1.54, 1.807) is 23.1 Å². The standard InChI is InChI=1S/C31H35N7O2/c1-21-29-27(17-31(2,3)18-28(29)39)38(36-21)24-10-11-26(25(16-24)30(32)40)35-14-15-37(19-22-8-4-6-12-33-22)20-23-9-5-7-13-34-23/h4-13,16,35H,14-15,17-20H2,1-3H3,(H2,32,40). The molecule has 0 atom stereocenters. The molecule has 0 bridgehead atoms. The number of pyridine rings is 2. The molecule has 40 heavy (non-hydrogen) atoms. The minimum atomic E-state index is -0.530. The van der Waals surface area contributed by atoms with Crippen LogP contribution in [0, 0.1) is 12.3 Å². The van der Waals surface area contributed by atoms with E-state index in [9.17, 15) is 9.59 Å². The Kier molecular flexibility index (Phi) is 7.75. The molecule has 1 aliphatic rings. The zero-order valence-corrected chi connectivity index (χ0v) is 23.2. The SMILES string of the molecule is Cc1nn(-c2ccc(NCCN(Cc3ccccn3)Cc3ccccn3)c(C(N)=O)c2)c2c1C(=O)CC(C)(C)C2. The van der Waals surface area contributed by atoms with Crippen LogP contribution in [0.3, 0.4) is 0 Å². The smallest absolute Gasteiger partial charge is 0.250 e. The van der Waals surface area contributed by atoms with Crippen molar-refractivity contribution in [3.05, 3.63) is 101 Å². The summed E-state index contributed by atoms with van der Waals surface area (Å²) in [6.45, 7) is 8.65. The number of nitrogens with one attached hydrogen (secondary N) is 1. The number of ketones is 1. The van der Waals surface area contributed by atoms with E-state index in [0.29, 0.717) is 60.8 Å². The van der Waals surface area contributed by atoms with Crippen LogP contribution in [-0.2, 0) is 19.5 Å². The molecule has 0 saturated carbocycles. The van der Waals surface area contributed by atoms with Crippen molar-refractivity contribution in [3.8, 4) is 5.69 Å². The van der Waals surface area contributed by atoms with Gasteiger partial charge in [0.25, 0.3) is 5.91 Å². The Morgan fingerprint density at radius 3 is 2.30 bits per heavy atom. The Bertz CT molecular complexity index is 1470. The summed E-state index contributed by atoms with van der Waals surface area (Å²) in [5.74, 6) is -0.415. The lowest BCUT2D eigenvalue weighted by Gasteiger charge is -2.29. The Morgan fingerprint density at radius 1 is 1.02 bits per heavy atom. The van der Waals surface area contributed by atoms with Crippen LogP contribution in [0.1, 0.15) is 63.8 Å². The second-order valence-corrected chi connectivity index (χ2v) is 11.1. The number of hydrogen-bond acceptors (Lipinski definition) is 7. The van der Waals surface area contributed by atoms with Gasteiger partial charge in [0.05, 0.1) is 39.6 Å². The van der Waals surface area contributed by atoms with Crippen molar-refractivity contribution in [2.24, 2.45) is 11.1 Å². The van der Waals surface area contributed by atoms with Gasteiger partial charge in [-0.15, -0.1) is 0 Å². The van der Waals surface area contributed by atoms with E-state index in [0.717, 1.165) is 23.5 Å². The van der Waals surface area contributed by atoms with Crippen molar-refractivity contribution >= 4 is 17.4 Å². The number of nitrogens with zero attached hydrogens (tertiary/aromatic N) is 5. The van der Waals surface area contributed by atoms with Gasteiger partial charge in [-0.25, -0.2) is 4.68 Å². The highest BCUT2D eigenvalue weighted by Crippen LogP contribution is 2.37. The molecule has 3 N–H and O–H groups in total. The van der Waals surface area contributed by atoms with Gasteiger partial charge in [0.15, 0.2) is 5.78 Å². The van der Waals surface area contributed by atoms with Crippen molar-refractivity contribution in [3.63, 3.8) is 0 Å². The summed E-state index contributed by atoms with van der Waals surface area (Å²) in [6, 6.07) is 17.3. The molecule has 4 aromatic rings. The Balaban J connectivity index is 1.35. The van der Waals surface area contributed by atoms with E-state index in [1.807, 2.05) is 55.5 Å². The average molecular weight is 538 g/mol. The lowest BCUT2D eigenvalue weighted by molar-refractivity contribution is 0.0909. The predicted octanol–water partition coefficient (Wildman–Crippen LogP) is 4.34. The highest BCUT2D eigenvalue weighted by Gasteiger charge is 2.35. The van der Waals surface area contributed by atoms with Gasteiger partial charge in [-0.3, -0.25) is 24.5 Å². The molecule has 0 saturated heterocycles. The first-order valence-electron chi connectivity index (χ1n) is 13.5. The first kappa shape index (κ1) is 27.2. The molecule has 9 heteroatoms. The number of Topliss-reactive ketones (excluding diaryl/α,β-unsaturated/α-hetero) is 1. The number of benzene rings is 1. The molecule has 0 aliphatic heterocycles. The Morgan fingerprint density at radius 2 is 1.70 bits per heavy atom. The fourth-order valence-electron chi connectivity index (χ4n) is 5.38. The highest BCUT2D eigenvalue weighted by atomic mass is 16.1. The highest BCUT2D eigenvalue weighted by molar-refractivity contribution is 6.00. The van der Waals surface area contributed by atoms with E-state index in [1.165, 1.54) is 0 Å². The van der Waals surface area contributed by atoms with Crippen molar-refractivity contribution in [2.45, 2.75) is 46.7 Å². The molecule has 206 valence electrons. The van der Waals surface area contributed by atoms with Crippen molar-refractivity contribution < 1.29 is 9.59 Å². The van der Waals surface area contributed by atoms with Gasteiger partial charge in [0.1, 0.15) is 0 Å². The maximum atomic E-state index is 12.9. The van der Waals surface area contributed by atoms with Gasteiger partial charge in [0.2, 0.25) is 0 Å². The second-order valence-electron chi connectivity index (χ2n) is 11.1. The van der Waals surface area contributed by atoms with Crippen LogP contribution in [0.15, 0.2) is 67.0 Å². The van der Waals surface area contributed by atoms with Gasteiger partial charge < -0.3 is 11.1 Å². The van der Waals surface area contributed by atoms with E-state index < -0.39 is 5.91 Å². The first-order chi connectivity index (χ1) is 19.2. The summed E-state index contributed by atoms with van der Waals surface area (Å²) >= 11 is 0. The van der Waals surface area contributed by atoms with Crippen LogP contribution < -0.4 is 11.1 Å². The summed E-state index contributed by atoms with van der Waals surface area (Å²) in [7, 11) is 0. The largest absolute Gasteiger partial charge is 0.383 e. The minimum Gasteiger partial charge on any atom is -0.383 e. The number of amides is 1. The second kappa shape index (κ2) is 11.4. The number of primary amides is 1. The lowest BCUT2D eigenvalue weighted by Crippen LogP contribution is -2.29. The van der Waals surface area contributed by atoms with Gasteiger partial charge in [-0.2, -0.15) is 5.10 Å². The van der Waals surface area contributed by atoms with E-state index in [-0.39, 0.29) is 11.2 Å². The maximum absolute atomic E-state index is 12.9. The van der Waals surface area contributed by atoms with Crippen molar-refractivity contribution in [1.82, 2.24) is 24.6 Å². The van der Waals surface area contributed by atoms with E-state index in [4.69, 9.17) is 5.73 Å². The molecule has 3 heterocycles. The zero-order valence-electron chi connectivity index (χ0n) is 23.2. The fraction of sp³-hybridized carbons (Fsp3) is 0.323. The van der Waals surface area contributed by atoms with Gasteiger partial charge in [-0.1, -0.05) is 26.0 Å². The number of aryl methyl sites for hydroxylation is 1. The number of hydrogen-bond donors (Lipinski definition) is 2. The third kappa shape index (κ3) is 6.10. The molecule has 0 unspecified atom stereocenters. The predicted molar refractivity (Wildman–Crippen MR) is 154 cm³/mol. The monoisotopic (exact) mass is 537 g/mol. The van der Waals surface area contributed by atoms with E-state index >= 15 is 0 Å². The molecule has 1 aliphatic carbocycles. The number of rotatable bonds is 10. The third-order valence-corrected chi connectivity index (χ3v) is 7.20. The number of fused-ring (bicyclic) bond motifs is 1. The summed E-state index contributed by atoms with van der Waals surface area (Å²) in [6.07, 6.45) is 4.81. The molecule has 1 amide bonds. The number of nitrogens with two attached hydrogens (primary N) is 1. The van der Waals surface area contributed by atoms with Crippen molar-refractivity contribution in [1.29, 1.82) is 0 Å². The average Bonchev–Trinajstić information content (AvgIpc) is 3.24. The normalized spacial score (nSPS) is 14.2. The van der Waals surface area contributed by atoms with Gasteiger partial charge in [-0.05, 0) is 61.2 Å². The maximum Gasteiger partial charge on any atom is 0.250 e. The number of anilines is 1. The van der Waals surface area contributed by atoms with Crippen LogP contribution in [0.4, 0.5) is 5.69 Å². The molecule has 0 spiro atoms. The summed E-state index contributed by atoms with van der Waals surface area (Å²) in [5, 5.41) is 8.07. The van der Waals surface area contributed by atoms with Crippen LogP contribution in [0.25, 0.3) is 5.69 Å². The lowest BCUT2D eigenvalue weighted by atomic mass is 9.75. The molecular formula is C31H35N7O2. The minimum absolute atomic E-state index is 0.115. The summed E-state index contributed by atoms with van der Waals surface area (Å²) in [5.41, 5.74) is 11.6. The van der Waals surface area contributed by atoms with E-state index in [2.05, 4.69) is 39.1 Å². The van der Waals surface area contributed by atoms with Crippen molar-refractivity contribution in [2.75, 3.05) is 18.4 Å². The quantitative estimate of drug-likeness (QED) is 0.309. The molecule has 5 rings (SSSR count). The van der Waals surface area contributed by atoms with Gasteiger partial charge >= 0.3 is 0 Å². The van der Waals surface area contributed by atoms with Crippen LogP contribution in [-0.4, -0.2) is 49.4 Å². The molecule has 0 fully saturated rings. The topological polar surface area (TPSA) is 119 Å². The zero-order chi connectivity index (χ0) is 28.3.